The van der Waals surface area contributed by atoms with Crippen molar-refractivity contribution in [2.24, 2.45) is 7.05 Å². The Labute approximate surface area is 237 Å². The summed E-state index contributed by atoms with van der Waals surface area (Å²) in [5.74, 6) is 0.0418. The smallest absolute Gasteiger partial charge is 0.266 e. The molecule has 11 heteroatoms. The first kappa shape index (κ1) is 27.4. The fourth-order valence-electron chi connectivity index (χ4n) is 4.29. The average Bonchev–Trinajstić information content (AvgIpc) is 3.37. The molecule has 0 radical (unpaired) electrons. The molecule has 5 aromatic rings. The van der Waals surface area contributed by atoms with E-state index in [1.807, 2.05) is 62.6 Å². The highest BCUT2D eigenvalue weighted by Gasteiger charge is 2.13. The molecule has 0 saturated carbocycles. The fourth-order valence-corrected chi connectivity index (χ4v) is 4.29. The number of aromatic nitrogens is 6. The van der Waals surface area contributed by atoms with E-state index in [2.05, 4.69) is 47.7 Å². The molecule has 0 bridgehead atoms. The van der Waals surface area contributed by atoms with Gasteiger partial charge in [-0.15, -0.1) is 0 Å². The molecule has 3 aromatic heterocycles. The lowest BCUT2D eigenvalue weighted by molar-refractivity contribution is 0.0955. The van der Waals surface area contributed by atoms with Crippen molar-refractivity contribution in [2.75, 3.05) is 26.0 Å². The third-order valence-corrected chi connectivity index (χ3v) is 6.25. The topological polar surface area (TPSA) is 123 Å². The third-order valence-electron chi connectivity index (χ3n) is 6.25. The summed E-state index contributed by atoms with van der Waals surface area (Å²) in [6, 6.07) is 15.9. The minimum atomic E-state index is -0.484. The van der Waals surface area contributed by atoms with Gasteiger partial charge in [0, 0.05) is 49.8 Å². The number of hydrogen-bond acceptors (Lipinski definition) is 8. The van der Waals surface area contributed by atoms with Gasteiger partial charge in [-0.3, -0.25) is 18.8 Å². The van der Waals surface area contributed by atoms with E-state index in [1.54, 1.807) is 24.1 Å². The molecule has 208 valence electrons. The summed E-state index contributed by atoms with van der Waals surface area (Å²) in [7, 11) is 5.89. The van der Waals surface area contributed by atoms with Crippen molar-refractivity contribution < 1.29 is 4.79 Å². The number of amides is 1. The van der Waals surface area contributed by atoms with E-state index in [9.17, 15) is 9.59 Å². The summed E-state index contributed by atoms with van der Waals surface area (Å²) >= 11 is 0. The monoisotopic (exact) mass is 549 g/mol. The maximum Gasteiger partial charge on any atom is 0.266 e. The molecule has 0 spiro atoms. The zero-order valence-corrected chi connectivity index (χ0v) is 23.2. The summed E-state index contributed by atoms with van der Waals surface area (Å²) in [6.45, 7) is 1.37. The van der Waals surface area contributed by atoms with Crippen molar-refractivity contribution in [3.8, 4) is 0 Å². The van der Waals surface area contributed by atoms with E-state index in [4.69, 9.17) is 0 Å². The van der Waals surface area contributed by atoms with Gasteiger partial charge in [-0.05, 0) is 55.6 Å². The van der Waals surface area contributed by atoms with Gasteiger partial charge >= 0.3 is 0 Å². The van der Waals surface area contributed by atoms with Crippen molar-refractivity contribution in [1.82, 2.24) is 39.5 Å². The normalized spacial score (nSPS) is 11.4. The molecule has 2 N–H and O–H groups in total. The molecule has 0 atom stereocenters. The van der Waals surface area contributed by atoms with Crippen LogP contribution in [0.2, 0.25) is 0 Å². The van der Waals surface area contributed by atoms with Crippen LogP contribution >= 0.6 is 0 Å². The van der Waals surface area contributed by atoms with Crippen molar-refractivity contribution >= 4 is 34.5 Å². The Kier molecular flexibility index (Phi) is 8.26. The quantitative estimate of drug-likeness (QED) is 0.272. The van der Waals surface area contributed by atoms with Crippen LogP contribution in [0.3, 0.4) is 0 Å². The maximum atomic E-state index is 12.8. The van der Waals surface area contributed by atoms with Crippen LogP contribution in [0.1, 0.15) is 27.2 Å². The predicted molar refractivity (Wildman–Crippen MR) is 159 cm³/mol. The zero-order valence-electron chi connectivity index (χ0n) is 23.2. The summed E-state index contributed by atoms with van der Waals surface area (Å²) in [5, 5.41) is 11.2. The number of carbonyl (C=O) groups is 1. The second-order valence-electron chi connectivity index (χ2n) is 9.91. The Morgan fingerprint density at radius 3 is 2.66 bits per heavy atom. The van der Waals surface area contributed by atoms with Crippen LogP contribution in [0.4, 0.5) is 11.6 Å². The zero-order chi connectivity index (χ0) is 28.8. The van der Waals surface area contributed by atoms with E-state index in [1.165, 1.54) is 22.7 Å². The number of hydrogen-bond donors (Lipinski definition) is 2. The molecule has 41 heavy (non-hydrogen) atoms. The molecule has 2 aromatic carbocycles. The lowest BCUT2D eigenvalue weighted by Crippen LogP contribution is -2.33. The standard InChI is InChI=1S/C30H31N9O2/c1-37(2)18-22-6-9-24(10-7-22)34-30-33-16-23-15-21(8-11-27(23)35-30)5-4-13-32-28(40)26-17-31-20-39(29(26)41)19-25-12-14-38(3)36-25/h4-12,14-17,20H,13,18-19H2,1-3H3,(H,32,40)(H,33,34,35)/b5-4+. The van der Waals surface area contributed by atoms with Crippen LogP contribution in [0, 0.1) is 0 Å². The Morgan fingerprint density at radius 2 is 1.90 bits per heavy atom. The van der Waals surface area contributed by atoms with Crippen LogP contribution < -0.4 is 16.2 Å². The van der Waals surface area contributed by atoms with Crippen molar-refractivity contribution in [3.63, 3.8) is 0 Å². The van der Waals surface area contributed by atoms with Crippen LogP contribution in [-0.2, 0) is 20.1 Å². The molecule has 5 rings (SSSR count). The van der Waals surface area contributed by atoms with Crippen molar-refractivity contribution in [3.05, 3.63) is 112 Å². The molecule has 0 unspecified atom stereocenters. The molecule has 11 nitrogen and oxygen atoms in total. The highest BCUT2D eigenvalue weighted by Crippen LogP contribution is 2.19. The lowest BCUT2D eigenvalue weighted by Gasteiger charge is -2.11. The van der Waals surface area contributed by atoms with E-state index < -0.39 is 11.5 Å². The Hall–Kier alpha value is -5.16. The van der Waals surface area contributed by atoms with Gasteiger partial charge in [0.25, 0.3) is 11.5 Å². The predicted octanol–water partition coefficient (Wildman–Crippen LogP) is 3.22. The number of fused-ring (bicyclic) bond motifs is 1. The molecule has 0 aliphatic carbocycles. The summed E-state index contributed by atoms with van der Waals surface area (Å²) in [4.78, 5) is 40.7. The molecule has 0 aliphatic heterocycles. The molecule has 0 saturated heterocycles. The van der Waals surface area contributed by atoms with Gasteiger partial charge in [0.15, 0.2) is 0 Å². The SMILES string of the molecule is CN(C)Cc1ccc(Nc2ncc3cc(/C=C/CNC(=O)c4cncn(Cc5ccn(C)n5)c4=O)ccc3n2)cc1. The molecule has 0 fully saturated rings. The number of nitrogens with zero attached hydrogens (tertiary/aromatic N) is 7. The van der Waals surface area contributed by atoms with Crippen LogP contribution in [0.15, 0.2) is 84.3 Å². The van der Waals surface area contributed by atoms with Crippen molar-refractivity contribution in [2.45, 2.75) is 13.1 Å². The Bertz CT molecular complexity index is 1750. The molecular formula is C30H31N9O2. The first-order valence-corrected chi connectivity index (χ1v) is 13.1. The van der Waals surface area contributed by atoms with Crippen LogP contribution in [0.25, 0.3) is 17.0 Å². The number of nitrogens with one attached hydrogen (secondary N) is 2. The number of carbonyl (C=O) groups excluding carboxylic acids is 1. The largest absolute Gasteiger partial charge is 0.348 e. The third kappa shape index (κ3) is 7.08. The maximum absolute atomic E-state index is 12.8. The van der Waals surface area contributed by atoms with Gasteiger partial charge in [0.05, 0.1) is 24.1 Å². The van der Waals surface area contributed by atoms with Crippen molar-refractivity contribution in [1.29, 1.82) is 0 Å². The Balaban J connectivity index is 1.17. The van der Waals surface area contributed by atoms with Crippen LogP contribution in [-0.4, -0.2) is 60.7 Å². The Morgan fingerprint density at radius 1 is 1.07 bits per heavy atom. The van der Waals surface area contributed by atoms with Gasteiger partial charge in [0.1, 0.15) is 5.56 Å². The minimum absolute atomic E-state index is 0.0198. The molecule has 1 amide bonds. The number of rotatable bonds is 10. The van der Waals surface area contributed by atoms with Gasteiger partial charge in [-0.25, -0.2) is 15.0 Å². The minimum Gasteiger partial charge on any atom is -0.348 e. The number of anilines is 2. The molecule has 3 heterocycles. The summed E-state index contributed by atoms with van der Waals surface area (Å²) < 4.78 is 3.02. The fraction of sp³-hybridized carbons (Fsp3) is 0.200. The average molecular weight is 550 g/mol. The van der Waals surface area contributed by atoms with Crippen LogP contribution in [0.5, 0.6) is 0 Å². The summed E-state index contributed by atoms with van der Waals surface area (Å²) in [5.41, 5.74) is 4.17. The first-order chi connectivity index (χ1) is 19.8. The second-order valence-corrected chi connectivity index (χ2v) is 9.91. The number of aryl methyl sites for hydroxylation is 1. The van der Waals surface area contributed by atoms with E-state index in [0.29, 0.717) is 11.6 Å². The van der Waals surface area contributed by atoms with Gasteiger partial charge in [-0.2, -0.15) is 5.10 Å². The lowest BCUT2D eigenvalue weighted by atomic mass is 10.1. The molecule has 0 aliphatic rings. The second kappa shape index (κ2) is 12.3. The van der Waals surface area contributed by atoms with E-state index in [0.717, 1.165) is 28.7 Å². The van der Waals surface area contributed by atoms with Gasteiger partial charge in [0.2, 0.25) is 5.95 Å². The highest BCUT2D eigenvalue weighted by atomic mass is 16.2. The summed E-state index contributed by atoms with van der Waals surface area (Å²) in [6.07, 6.45) is 9.97. The van der Waals surface area contributed by atoms with E-state index in [-0.39, 0.29) is 18.7 Å². The van der Waals surface area contributed by atoms with E-state index >= 15 is 0 Å². The first-order valence-electron chi connectivity index (χ1n) is 13.1. The molecular weight excluding hydrogens is 518 g/mol. The highest BCUT2D eigenvalue weighted by molar-refractivity contribution is 5.93. The number of benzene rings is 2. The van der Waals surface area contributed by atoms with Gasteiger partial charge < -0.3 is 15.5 Å². The van der Waals surface area contributed by atoms with Gasteiger partial charge in [-0.1, -0.05) is 30.4 Å².